The molecule has 1 fully saturated rings. The van der Waals surface area contributed by atoms with Crippen LogP contribution in [0, 0.1) is 5.92 Å². The van der Waals surface area contributed by atoms with Crippen LogP contribution in [0.2, 0.25) is 0 Å². The monoisotopic (exact) mass is 194 g/mol. The van der Waals surface area contributed by atoms with E-state index in [-0.39, 0.29) is 6.10 Å². The lowest BCUT2D eigenvalue weighted by Crippen LogP contribution is -2.22. The van der Waals surface area contributed by atoms with Crippen molar-refractivity contribution in [3.05, 3.63) is 24.2 Å². The van der Waals surface area contributed by atoms with Crippen LogP contribution >= 0.6 is 0 Å². The molecule has 1 aliphatic rings. The first-order valence-corrected chi connectivity index (χ1v) is 5.47. The Balaban J connectivity index is 1.90. The number of hydrogen-bond donors (Lipinski definition) is 1. The summed E-state index contributed by atoms with van der Waals surface area (Å²) in [6.45, 7) is 1.91. The maximum atomic E-state index is 9.48. The summed E-state index contributed by atoms with van der Waals surface area (Å²) in [5, 5.41) is 9.48. The van der Waals surface area contributed by atoms with Crippen LogP contribution in [0.5, 0.6) is 0 Å². The third kappa shape index (κ3) is 2.01. The van der Waals surface area contributed by atoms with E-state index in [0.29, 0.717) is 11.8 Å². The minimum atomic E-state index is -0.139. The van der Waals surface area contributed by atoms with Crippen molar-refractivity contribution in [2.45, 2.75) is 44.6 Å². The van der Waals surface area contributed by atoms with Gasteiger partial charge >= 0.3 is 0 Å². The molecule has 2 rings (SSSR count). The molecule has 1 saturated carbocycles. The summed E-state index contributed by atoms with van der Waals surface area (Å²) in [5.74, 6) is 1.17. The van der Waals surface area contributed by atoms with Gasteiger partial charge in [0.05, 0.1) is 18.6 Å². The van der Waals surface area contributed by atoms with Crippen LogP contribution in [0.4, 0.5) is 0 Å². The van der Waals surface area contributed by atoms with Crippen molar-refractivity contribution >= 4 is 0 Å². The van der Waals surface area contributed by atoms with Gasteiger partial charge in [0.1, 0.15) is 0 Å². The smallest absolute Gasteiger partial charge is 0.0937 e. The molecule has 1 aliphatic carbocycles. The Morgan fingerprint density at radius 3 is 2.57 bits per heavy atom. The van der Waals surface area contributed by atoms with E-state index in [4.69, 9.17) is 4.42 Å². The average molecular weight is 194 g/mol. The van der Waals surface area contributed by atoms with Crippen LogP contribution in [-0.4, -0.2) is 11.2 Å². The van der Waals surface area contributed by atoms with Crippen LogP contribution in [0.3, 0.4) is 0 Å². The van der Waals surface area contributed by atoms with Crippen molar-refractivity contribution in [2.24, 2.45) is 5.92 Å². The first-order chi connectivity index (χ1) is 6.77. The van der Waals surface area contributed by atoms with Crippen molar-refractivity contribution in [1.29, 1.82) is 0 Å². The van der Waals surface area contributed by atoms with Gasteiger partial charge in [-0.15, -0.1) is 0 Å². The second-order valence-corrected chi connectivity index (χ2v) is 4.41. The Kier molecular flexibility index (Phi) is 2.92. The number of furan rings is 1. The van der Waals surface area contributed by atoms with Gasteiger partial charge in [0, 0.05) is 0 Å². The van der Waals surface area contributed by atoms with E-state index in [1.54, 1.807) is 6.26 Å². The van der Waals surface area contributed by atoms with E-state index in [1.165, 1.54) is 18.4 Å². The Morgan fingerprint density at radius 1 is 1.36 bits per heavy atom. The Bertz CT molecular complexity index is 256. The second-order valence-electron chi connectivity index (χ2n) is 4.41. The topological polar surface area (TPSA) is 33.4 Å². The molecule has 2 heteroatoms. The second kappa shape index (κ2) is 4.18. The summed E-state index contributed by atoms with van der Waals surface area (Å²) >= 11 is 0. The molecule has 1 aromatic rings. The van der Waals surface area contributed by atoms with E-state index in [9.17, 15) is 5.11 Å². The van der Waals surface area contributed by atoms with Gasteiger partial charge in [-0.1, -0.05) is 0 Å². The normalized spacial score (nSPS) is 30.1. The molecule has 78 valence electrons. The van der Waals surface area contributed by atoms with Gasteiger partial charge in [0.15, 0.2) is 0 Å². The summed E-state index contributed by atoms with van der Waals surface area (Å²) in [5.41, 5.74) is 1.33. The van der Waals surface area contributed by atoms with Gasteiger partial charge in [-0.2, -0.15) is 0 Å². The largest absolute Gasteiger partial charge is 0.472 e. The molecule has 0 aromatic carbocycles. The van der Waals surface area contributed by atoms with E-state index in [0.717, 1.165) is 12.8 Å². The predicted octanol–water partition coefficient (Wildman–Crippen LogP) is 2.93. The molecule has 1 unspecified atom stereocenters. The highest BCUT2D eigenvalue weighted by atomic mass is 16.3. The molecule has 0 bridgehead atoms. The standard InChI is InChI=1S/C12H18O2/c1-9(13)10-2-4-11(5-3-10)12-6-7-14-8-12/h6-11,13H,2-5H2,1H3. The molecule has 0 radical (unpaired) electrons. The lowest BCUT2D eigenvalue weighted by atomic mass is 9.77. The number of aliphatic hydroxyl groups excluding tert-OH is 1. The molecule has 0 saturated heterocycles. The third-order valence-electron chi connectivity index (χ3n) is 3.47. The third-order valence-corrected chi connectivity index (χ3v) is 3.47. The molecule has 2 nitrogen and oxygen atoms in total. The van der Waals surface area contributed by atoms with E-state index >= 15 is 0 Å². The molecule has 1 atom stereocenters. The number of aliphatic hydroxyl groups is 1. The summed E-state index contributed by atoms with van der Waals surface area (Å²) in [7, 11) is 0. The van der Waals surface area contributed by atoms with E-state index in [1.807, 2.05) is 13.2 Å². The summed E-state index contributed by atoms with van der Waals surface area (Å²) in [6, 6.07) is 2.06. The van der Waals surface area contributed by atoms with Crippen LogP contribution < -0.4 is 0 Å². The van der Waals surface area contributed by atoms with Crippen LogP contribution in [-0.2, 0) is 0 Å². The lowest BCUT2D eigenvalue weighted by Gasteiger charge is -2.29. The maximum absolute atomic E-state index is 9.48. The average Bonchev–Trinajstić information content (AvgIpc) is 2.71. The van der Waals surface area contributed by atoms with Gasteiger partial charge in [0.2, 0.25) is 0 Å². The molecule has 14 heavy (non-hydrogen) atoms. The van der Waals surface area contributed by atoms with Gasteiger partial charge in [-0.05, 0) is 56.1 Å². The SMILES string of the molecule is CC(O)C1CCC(c2ccoc2)CC1. The zero-order chi connectivity index (χ0) is 9.97. The van der Waals surface area contributed by atoms with Crippen molar-refractivity contribution in [3.8, 4) is 0 Å². The zero-order valence-electron chi connectivity index (χ0n) is 8.65. The van der Waals surface area contributed by atoms with Gasteiger partial charge < -0.3 is 9.52 Å². The molecule has 0 spiro atoms. The number of hydrogen-bond acceptors (Lipinski definition) is 2. The Morgan fingerprint density at radius 2 is 2.07 bits per heavy atom. The zero-order valence-corrected chi connectivity index (χ0v) is 8.65. The van der Waals surface area contributed by atoms with Crippen LogP contribution in [0.25, 0.3) is 0 Å². The first-order valence-electron chi connectivity index (χ1n) is 5.47. The lowest BCUT2D eigenvalue weighted by molar-refractivity contribution is 0.0967. The van der Waals surface area contributed by atoms with Gasteiger partial charge in [-0.25, -0.2) is 0 Å². The quantitative estimate of drug-likeness (QED) is 0.785. The van der Waals surface area contributed by atoms with Crippen molar-refractivity contribution in [1.82, 2.24) is 0 Å². The van der Waals surface area contributed by atoms with Crippen LogP contribution in [0.1, 0.15) is 44.1 Å². The highest BCUT2D eigenvalue weighted by molar-refractivity contribution is 5.13. The fraction of sp³-hybridized carbons (Fsp3) is 0.667. The molecule has 0 aliphatic heterocycles. The molecule has 1 heterocycles. The van der Waals surface area contributed by atoms with Crippen molar-refractivity contribution in [3.63, 3.8) is 0 Å². The molecular weight excluding hydrogens is 176 g/mol. The highest BCUT2D eigenvalue weighted by Gasteiger charge is 2.25. The molecule has 1 aromatic heterocycles. The van der Waals surface area contributed by atoms with Crippen molar-refractivity contribution < 1.29 is 9.52 Å². The predicted molar refractivity (Wildman–Crippen MR) is 55.1 cm³/mol. The van der Waals surface area contributed by atoms with Gasteiger partial charge in [-0.3, -0.25) is 0 Å². The van der Waals surface area contributed by atoms with Crippen molar-refractivity contribution in [2.75, 3.05) is 0 Å². The van der Waals surface area contributed by atoms with E-state index in [2.05, 4.69) is 6.07 Å². The minimum absolute atomic E-state index is 0.139. The minimum Gasteiger partial charge on any atom is -0.472 e. The van der Waals surface area contributed by atoms with Crippen LogP contribution in [0.15, 0.2) is 23.0 Å². The summed E-state index contributed by atoms with van der Waals surface area (Å²) in [4.78, 5) is 0. The van der Waals surface area contributed by atoms with Gasteiger partial charge in [0.25, 0.3) is 0 Å². The van der Waals surface area contributed by atoms with E-state index < -0.39 is 0 Å². The highest BCUT2D eigenvalue weighted by Crippen LogP contribution is 2.36. The maximum Gasteiger partial charge on any atom is 0.0937 e. The first kappa shape index (κ1) is 9.78. The molecular formula is C12H18O2. The Hall–Kier alpha value is -0.760. The fourth-order valence-corrected chi connectivity index (χ4v) is 2.44. The Labute approximate surface area is 84.9 Å². The molecule has 1 N–H and O–H groups in total. The fourth-order valence-electron chi connectivity index (χ4n) is 2.44. The molecule has 0 amide bonds. The number of rotatable bonds is 2. The summed E-state index contributed by atoms with van der Waals surface area (Å²) < 4.78 is 5.09. The summed E-state index contributed by atoms with van der Waals surface area (Å²) in [6.07, 6.45) is 8.13.